The van der Waals surface area contributed by atoms with Crippen molar-refractivity contribution in [1.29, 1.82) is 0 Å². The number of carbonyl (C=O) groups is 1. The summed E-state index contributed by atoms with van der Waals surface area (Å²) in [5.41, 5.74) is -0.619. The van der Waals surface area contributed by atoms with E-state index < -0.39 is 21.8 Å². The monoisotopic (exact) mass is 488 g/mol. The molecule has 2 aromatic rings. The number of amides is 1. The van der Waals surface area contributed by atoms with Crippen molar-refractivity contribution in [2.45, 2.75) is 30.0 Å². The number of sulfonamides is 1. The first-order valence-electron chi connectivity index (χ1n) is 9.94. The van der Waals surface area contributed by atoms with Gasteiger partial charge in [0.15, 0.2) is 0 Å². The van der Waals surface area contributed by atoms with E-state index in [0.29, 0.717) is 32.0 Å². The van der Waals surface area contributed by atoms with Crippen molar-refractivity contribution in [2.24, 2.45) is 0 Å². The first-order valence-corrected chi connectivity index (χ1v) is 11.8. The largest absolute Gasteiger partial charge is 0.417 e. The molecule has 2 fully saturated rings. The van der Waals surface area contributed by atoms with Gasteiger partial charge in [-0.25, -0.2) is 18.1 Å². The van der Waals surface area contributed by atoms with Gasteiger partial charge in [0.1, 0.15) is 10.7 Å². The zero-order chi connectivity index (χ0) is 23.1. The average Bonchev–Trinajstić information content (AvgIpc) is 3.56. The topological polar surface area (TPSA) is 82.6 Å². The van der Waals surface area contributed by atoms with E-state index in [0.717, 1.165) is 25.1 Å². The lowest BCUT2D eigenvalue weighted by molar-refractivity contribution is -0.137. The number of carbonyl (C=O) groups excluding carboxylic acids is 1. The lowest BCUT2D eigenvalue weighted by Gasteiger charge is -2.35. The Balaban J connectivity index is 1.43. The van der Waals surface area contributed by atoms with Crippen molar-refractivity contribution in [3.05, 3.63) is 52.7 Å². The fourth-order valence-corrected chi connectivity index (χ4v) is 5.22. The molecule has 0 unspecified atom stereocenters. The quantitative estimate of drug-likeness (QED) is 0.699. The predicted octanol–water partition coefficient (Wildman–Crippen LogP) is 3.16. The number of anilines is 1. The fourth-order valence-electron chi connectivity index (χ4n) is 3.39. The minimum Gasteiger partial charge on any atom is -0.353 e. The van der Waals surface area contributed by atoms with E-state index in [1.54, 1.807) is 9.80 Å². The van der Waals surface area contributed by atoms with Crippen LogP contribution in [0.25, 0.3) is 0 Å². The zero-order valence-corrected chi connectivity index (χ0v) is 18.3. The van der Waals surface area contributed by atoms with Gasteiger partial charge in [0.05, 0.1) is 10.6 Å². The van der Waals surface area contributed by atoms with E-state index in [1.807, 2.05) is 0 Å². The number of rotatable bonds is 5. The minimum absolute atomic E-state index is 0.0351. The molecule has 2 heterocycles. The Morgan fingerprint density at radius 3 is 2.34 bits per heavy atom. The van der Waals surface area contributed by atoms with E-state index >= 15 is 0 Å². The molecular weight excluding hydrogens is 469 g/mol. The van der Waals surface area contributed by atoms with Crippen molar-refractivity contribution in [2.75, 3.05) is 31.1 Å². The SMILES string of the molecule is O=C(c1ccc(Cl)c(S(=O)(=O)NC2CC2)c1)N1CCN(c2ccc(C(F)(F)F)cn2)CC1. The molecule has 1 saturated carbocycles. The van der Waals surface area contributed by atoms with Gasteiger partial charge in [0.2, 0.25) is 10.0 Å². The summed E-state index contributed by atoms with van der Waals surface area (Å²) in [6.07, 6.45) is -2.12. The predicted molar refractivity (Wildman–Crippen MR) is 112 cm³/mol. The Bertz CT molecular complexity index is 1110. The maximum absolute atomic E-state index is 12.9. The van der Waals surface area contributed by atoms with Crippen LogP contribution in [0.1, 0.15) is 28.8 Å². The molecule has 0 radical (unpaired) electrons. The van der Waals surface area contributed by atoms with E-state index in [4.69, 9.17) is 11.6 Å². The number of piperazine rings is 1. The molecule has 4 rings (SSSR count). The number of nitrogens with one attached hydrogen (secondary N) is 1. The van der Waals surface area contributed by atoms with Crippen LogP contribution in [0, 0.1) is 0 Å². The van der Waals surface area contributed by atoms with Crippen molar-refractivity contribution >= 4 is 33.3 Å². The first kappa shape index (κ1) is 22.8. The normalized spacial score (nSPS) is 17.5. The molecular formula is C20H20ClF3N4O3S. The van der Waals surface area contributed by atoms with Crippen LogP contribution in [-0.2, 0) is 16.2 Å². The molecule has 1 N–H and O–H groups in total. The van der Waals surface area contributed by atoms with Gasteiger partial charge in [0.25, 0.3) is 5.91 Å². The van der Waals surface area contributed by atoms with Gasteiger partial charge in [-0.3, -0.25) is 4.79 Å². The van der Waals surface area contributed by atoms with Crippen LogP contribution < -0.4 is 9.62 Å². The van der Waals surface area contributed by atoms with E-state index in [9.17, 15) is 26.4 Å². The number of alkyl halides is 3. The van der Waals surface area contributed by atoms with Crippen LogP contribution in [-0.4, -0.2) is 56.4 Å². The van der Waals surface area contributed by atoms with Crippen LogP contribution in [0.15, 0.2) is 41.4 Å². The van der Waals surface area contributed by atoms with Crippen LogP contribution in [0.3, 0.4) is 0 Å². The van der Waals surface area contributed by atoms with Gasteiger partial charge in [-0.05, 0) is 43.2 Å². The number of benzene rings is 1. The number of hydrogen-bond acceptors (Lipinski definition) is 5. The molecule has 0 atom stereocenters. The van der Waals surface area contributed by atoms with Crippen molar-refractivity contribution < 1.29 is 26.4 Å². The number of hydrogen-bond donors (Lipinski definition) is 1. The lowest BCUT2D eigenvalue weighted by Crippen LogP contribution is -2.49. The summed E-state index contributed by atoms with van der Waals surface area (Å²) in [5, 5.41) is 0.0351. The molecule has 1 aromatic carbocycles. The molecule has 32 heavy (non-hydrogen) atoms. The summed E-state index contributed by atoms with van der Waals surface area (Å²) in [6.45, 7) is 1.39. The van der Waals surface area contributed by atoms with Crippen molar-refractivity contribution in [3.63, 3.8) is 0 Å². The Morgan fingerprint density at radius 1 is 1.09 bits per heavy atom. The van der Waals surface area contributed by atoms with Gasteiger partial charge in [-0.2, -0.15) is 13.2 Å². The van der Waals surface area contributed by atoms with Gasteiger partial charge >= 0.3 is 6.18 Å². The fraction of sp³-hybridized carbons (Fsp3) is 0.400. The molecule has 2 aliphatic rings. The smallest absolute Gasteiger partial charge is 0.353 e. The molecule has 172 valence electrons. The molecule has 1 aliphatic heterocycles. The summed E-state index contributed by atoms with van der Waals surface area (Å²) in [6, 6.07) is 6.33. The maximum Gasteiger partial charge on any atom is 0.417 e. The summed E-state index contributed by atoms with van der Waals surface area (Å²) in [5.74, 6) is 0.0562. The van der Waals surface area contributed by atoms with E-state index in [1.165, 1.54) is 24.3 Å². The number of aromatic nitrogens is 1. The summed E-state index contributed by atoms with van der Waals surface area (Å²) < 4.78 is 65.7. The number of halogens is 4. The Kier molecular flexibility index (Phi) is 6.08. The van der Waals surface area contributed by atoms with Crippen LogP contribution in [0.2, 0.25) is 5.02 Å². The van der Waals surface area contributed by atoms with Crippen molar-refractivity contribution in [3.8, 4) is 0 Å². The third kappa shape index (κ3) is 5.00. The Morgan fingerprint density at radius 2 is 1.78 bits per heavy atom. The van der Waals surface area contributed by atoms with E-state index in [-0.39, 0.29) is 27.4 Å². The summed E-state index contributed by atoms with van der Waals surface area (Å²) in [7, 11) is -3.82. The molecule has 0 spiro atoms. The zero-order valence-electron chi connectivity index (χ0n) is 16.8. The summed E-state index contributed by atoms with van der Waals surface area (Å²) >= 11 is 6.07. The molecule has 1 aliphatic carbocycles. The Labute approximate surface area is 188 Å². The molecule has 1 saturated heterocycles. The second kappa shape index (κ2) is 8.53. The third-order valence-corrected chi connectivity index (χ3v) is 7.33. The maximum atomic E-state index is 12.9. The summed E-state index contributed by atoms with van der Waals surface area (Å²) in [4.78, 5) is 20.0. The minimum atomic E-state index is -4.45. The van der Waals surface area contributed by atoms with Gasteiger partial charge in [-0.15, -0.1) is 0 Å². The molecule has 12 heteroatoms. The molecule has 0 bridgehead atoms. The highest BCUT2D eigenvalue weighted by Crippen LogP contribution is 2.30. The van der Waals surface area contributed by atoms with Gasteiger partial charge in [0, 0.05) is 44.0 Å². The highest BCUT2D eigenvalue weighted by molar-refractivity contribution is 7.89. The molecule has 1 amide bonds. The van der Waals surface area contributed by atoms with Gasteiger partial charge in [-0.1, -0.05) is 11.6 Å². The van der Waals surface area contributed by atoms with E-state index in [2.05, 4.69) is 9.71 Å². The van der Waals surface area contributed by atoms with Gasteiger partial charge < -0.3 is 9.80 Å². The van der Waals surface area contributed by atoms with Crippen LogP contribution in [0.4, 0.5) is 19.0 Å². The second-order valence-corrected chi connectivity index (χ2v) is 9.81. The molecule has 1 aromatic heterocycles. The Hall–Kier alpha value is -2.37. The highest BCUT2D eigenvalue weighted by atomic mass is 35.5. The van der Waals surface area contributed by atoms with Crippen LogP contribution in [0.5, 0.6) is 0 Å². The standard InChI is InChI=1S/C20H20ClF3N4O3S/c21-16-5-1-13(11-17(16)32(30,31)26-15-3-4-15)19(29)28-9-7-27(8-10-28)18-6-2-14(12-25-18)20(22,23)24/h1-2,5-6,11-12,15,26H,3-4,7-10H2. The highest BCUT2D eigenvalue weighted by Gasteiger charge is 2.32. The average molecular weight is 489 g/mol. The second-order valence-electron chi connectivity index (χ2n) is 7.72. The van der Waals surface area contributed by atoms with Crippen molar-refractivity contribution in [1.82, 2.24) is 14.6 Å². The number of pyridine rings is 1. The lowest BCUT2D eigenvalue weighted by atomic mass is 10.1. The number of nitrogens with zero attached hydrogens (tertiary/aromatic N) is 3. The molecule has 7 nitrogen and oxygen atoms in total. The third-order valence-electron chi connectivity index (χ3n) is 5.33. The first-order chi connectivity index (χ1) is 15.0. The van der Waals surface area contributed by atoms with Crippen LogP contribution >= 0.6 is 11.6 Å².